The first kappa shape index (κ1) is 27.5. The lowest BCUT2D eigenvalue weighted by Gasteiger charge is -2.53. The second-order valence-corrected chi connectivity index (χ2v) is 10.7. The fourth-order valence-corrected chi connectivity index (χ4v) is 6.26. The van der Waals surface area contributed by atoms with E-state index in [-0.39, 0.29) is 18.1 Å². The number of carbonyl (C=O) groups is 3. The average Bonchev–Trinajstić information content (AvgIpc) is 2.99. The van der Waals surface area contributed by atoms with Crippen LogP contribution in [0.5, 0.6) is 11.5 Å². The summed E-state index contributed by atoms with van der Waals surface area (Å²) in [4.78, 5) is 40.7. The highest BCUT2D eigenvalue weighted by molar-refractivity contribution is 8.00. The maximum atomic E-state index is 13.6. The second-order valence-electron chi connectivity index (χ2n) is 9.55. The highest BCUT2D eigenvalue weighted by atomic mass is 32.2. The Balaban J connectivity index is 1.32. The van der Waals surface area contributed by atoms with Gasteiger partial charge in [-0.15, -0.1) is 11.8 Å². The predicted octanol–water partition coefficient (Wildman–Crippen LogP) is 2.71. The van der Waals surface area contributed by atoms with Crippen LogP contribution in [-0.4, -0.2) is 71.3 Å². The summed E-state index contributed by atoms with van der Waals surface area (Å²) >= 11 is 1.33. The average molecular weight is 563 g/mol. The number of fused-ring (bicyclic) bond motifs is 1. The van der Waals surface area contributed by atoms with E-state index in [0.29, 0.717) is 22.6 Å². The van der Waals surface area contributed by atoms with E-state index in [1.807, 2.05) is 30.3 Å². The van der Waals surface area contributed by atoms with Gasteiger partial charge in [0.25, 0.3) is 0 Å². The Morgan fingerprint density at radius 3 is 2.08 bits per heavy atom. The molecular weight excluding hydrogens is 532 g/mol. The summed E-state index contributed by atoms with van der Waals surface area (Å²) in [5.41, 5.74) is 2.22. The van der Waals surface area contributed by atoms with Crippen LogP contribution in [0, 0.1) is 0 Å². The van der Waals surface area contributed by atoms with E-state index in [9.17, 15) is 19.5 Å². The van der Waals surface area contributed by atoms with Crippen LogP contribution in [0.4, 0.5) is 0 Å². The van der Waals surface area contributed by atoms with Crippen LogP contribution < -0.4 is 14.8 Å². The van der Waals surface area contributed by atoms with Crippen LogP contribution in [0.15, 0.2) is 78.9 Å². The van der Waals surface area contributed by atoms with Crippen molar-refractivity contribution in [1.82, 2.24) is 10.2 Å². The van der Waals surface area contributed by atoms with Crippen LogP contribution in [0.25, 0.3) is 0 Å². The summed E-state index contributed by atoms with van der Waals surface area (Å²) in [5.74, 6) is 0.0843. The van der Waals surface area contributed by atoms with Crippen LogP contribution in [-0.2, 0) is 25.5 Å². The zero-order valence-corrected chi connectivity index (χ0v) is 22.9. The third-order valence-electron chi connectivity index (χ3n) is 7.02. The number of thioether (sulfide) groups is 1. The maximum Gasteiger partial charge on any atom is 0.332 e. The van der Waals surface area contributed by atoms with Gasteiger partial charge in [-0.1, -0.05) is 54.6 Å². The first-order valence-electron chi connectivity index (χ1n) is 12.8. The quantitative estimate of drug-likeness (QED) is 0.302. The molecule has 3 aromatic rings. The third-order valence-corrected chi connectivity index (χ3v) is 8.39. The zero-order valence-electron chi connectivity index (χ0n) is 22.1. The highest BCUT2D eigenvalue weighted by Gasteiger charge is 2.58. The number of benzene rings is 3. The van der Waals surface area contributed by atoms with Gasteiger partial charge in [0.15, 0.2) is 12.1 Å². The Morgan fingerprint density at radius 1 is 0.950 bits per heavy atom. The van der Waals surface area contributed by atoms with E-state index in [0.717, 1.165) is 5.56 Å². The lowest BCUT2D eigenvalue weighted by molar-refractivity contribution is -0.173. The monoisotopic (exact) mass is 562 g/mol. The Kier molecular flexibility index (Phi) is 8.27. The molecule has 0 aromatic heterocycles. The number of aliphatic hydroxyl groups is 1. The fourth-order valence-electron chi connectivity index (χ4n) is 4.91. The summed E-state index contributed by atoms with van der Waals surface area (Å²) in [6.45, 7) is 0. The number of aliphatic hydroxyl groups excluding tert-OH is 1. The topological polar surface area (TPSA) is 114 Å². The second kappa shape index (κ2) is 12.0. The molecule has 2 fully saturated rings. The normalized spacial score (nSPS) is 21.7. The van der Waals surface area contributed by atoms with E-state index in [1.54, 1.807) is 62.8 Å². The van der Waals surface area contributed by atoms with Gasteiger partial charge in [-0.25, -0.2) is 4.79 Å². The van der Waals surface area contributed by atoms with Gasteiger partial charge in [0, 0.05) is 5.75 Å². The van der Waals surface area contributed by atoms with E-state index < -0.39 is 41.5 Å². The van der Waals surface area contributed by atoms with Crippen molar-refractivity contribution in [3.63, 3.8) is 0 Å². The molecule has 2 saturated heterocycles. The molecule has 0 aliphatic carbocycles. The van der Waals surface area contributed by atoms with Crippen molar-refractivity contribution in [3.8, 4) is 11.5 Å². The van der Waals surface area contributed by atoms with Gasteiger partial charge in [0.05, 0.1) is 26.7 Å². The van der Waals surface area contributed by atoms with Crippen LogP contribution in [0.2, 0.25) is 0 Å². The molecular formula is C30H30N2O7S. The molecule has 4 atom stereocenters. The lowest BCUT2D eigenvalue weighted by Crippen LogP contribution is -2.76. The molecule has 9 nitrogen and oxygen atoms in total. The largest absolute Gasteiger partial charge is 0.497 e. The molecule has 5 rings (SSSR count). The Bertz CT molecular complexity index is 1300. The number of rotatable bonds is 9. The van der Waals surface area contributed by atoms with Gasteiger partial charge in [-0.3, -0.25) is 9.59 Å². The van der Waals surface area contributed by atoms with Crippen molar-refractivity contribution in [1.29, 1.82) is 0 Å². The van der Waals surface area contributed by atoms with Crippen LogP contribution in [0.3, 0.4) is 0 Å². The van der Waals surface area contributed by atoms with Crippen molar-refractivity contribution in [2.75, 3.05) is 20.0 Å². The highest BCUT2D eigenvalue weighted by Crippen LogP contribution is 2.40. The number of methoxy groups -OCH3 is 2. The van der Waals surface area contributed by atoms with E-state index in [1.165, 1.54) is 16.7 Å². The minimum atomic E-state index is -1.19. The molecule has 10 heteroatoms. The van der Waals surface area contributed by atoms with Crippen molar-refractivity contribution in [2.45, 2.75) is 36.1 Å². The molecule has 2 aliphatic rings. The number of β-lactam (4-membered cyclic amide) rings is 1. The minimum Gasteiger partial charge on any atom is -0.497 e. The van der Waals surface area contributed by atoms with E-state index >= 15 is 0 Å². The Labute approximate surface area is 236 Å². The molecule has 3 aromatic carbocycles. The van der Waals surface area contributed by atoms with Crippen LogP contribution in [0.1, 0.15) is 22.8 Å². The summed E-state index contributed by atoms with van der Waals surface area (Å²) in [7, 11) is 3.13. The first-order valence-corrected chi connectivity index (χ1v) is 13.9. The molecule has 0 spiro atoms. The third kappa shape index (κ3) is 5.64. The summed E-state index contributed by atoms with van der Waals surface area (Å²) in [5, 5.41) is 13.1. The van der Waals surface area contributed by atoms with Crippen LogP contribution >= 0.6 is 11.8 Å². The zero-order chi connectivity index (χ0) is 28.2. The number of hydrogen-bond donors (Lipinski definition) is 2. The molecule has 40 heavy (non-hydrogen) atoms. The standard InChI is InChI=1S/C30H30N2O7S/c1-37-21-12-8-19(9-13-21)27(20-10-14-22(38-2)15-11-20)39-30(36)26-23(33)17-40-29-25(28(35)32(26)29)31-24(34)16-18-6-4-3-5-7-18/h3-15,23,25-27,29,33H,16-17H2,1-2H3,(H,31,34)/t23?,25-,26-,29+/m1/s1. The molecule has 208 valence electrons. The molecule has 1 unspecified atom stereocenters. The number of amides is 2. The summed E-state index contributed by atoms with van der Waals surface area (Å²) < 4.78 is 16.5. The van der Waals surface area contributed by atoms with E-state index in [4.69, 9.17) is 14.2 Å². The summed E-state index contributed by atoms with van der Waals surface area (Å²) in [6.07, 6.45) is -1.78. The molecule has 2 N–H and O–H groups in total. The molecule has 0 bridgehead atoms. The molecule has 2 amide bonds. The molecule has 2 aliphatic heterocycles. The Morgan fingerprint density at radius 2 is 1.52 bits per heavy atom. The number of hydrogen-bond acceptors (Lipinski definition) is 8. The van der Waals surface area contributed by atoms with Gasteiger partial charge in [0.1, 0.15) is 22.9 Å². The number of ether oxygens (including phenoxy) is 3. The van der Waals surface area contributed by atoms with Crippen molar-refractivity contribution in [2.24, 2.45) is 0 Å². The SMILES string of the molecule is COc1ccc(C(OC(=O)[C@H]2C(O)CS[C@H]3[C@H](NC(=O)Cc4ccccc4)C(=O)N23)c2ccc(OC)cc2)cc1. The van der Waals surface area contributed by atoms with Gasteiger partial charge < -0.3 is 29.5 Å². The fraction of sp³-hybridized carbons (Fsp3) is 0.300. The summed E-state index contributed by atoms with van der Waals surface area (Å²) in [6, 6.07) is 21.5. The number of nitrogens with zero attached hydrogens (tertiary/aromatic N) is 1. The molecule has 2 heterocycles. The van der Waals surface area contributed by atoms with Crippen molar-refractivity contribution >= 4 is 29.5 Å². The van der Waals surface area contributed by atoms with Crippen molar-refractivity contribution < 1.29 is 33.7 Å². The molecule has 0 radical (unpaired) electrons. The Hall–Kier alpha value is -4.02. The van der Waals surface area contributed by atoms with E-state index in [2.05, 4.69) is 5.32 Å². The number of nitrogens with one attached hydrogen (secondary N) is 1. The smallest absolute Gasteiger partial charge is 0.332 e. The first-order chi connectivity index (χ1) is 19.4. The van der Waals surface area contributed by atoms with Gasteiger partial charge in [-0.05, 0) is 41.0 Å². The van der Waals surface area contributed by atoms with Crippen molar-refractivity contribution in [3.05, 3.63) is 95.6 Å². The number of carbonyl (C=O) groups excluding carboxylic acids is 3. The van der Waals surface area contributed by atoms with Gasteiger partial charge in [-0.2, -0.15) is 0 Å². The minimum absolute atomic E-state index is 0.140. The predicted molar refractivity (Wildman–Crippen MR) is 149 cm³/mol. The van der Waals surface area contributed by atoms with Gasteiger partial charge >= 0.3 is 5.97 Å². The lowest BCUT2D eigenvalue weighted by atomic mass is 9.98. The maximum absolute atomic E-state index is 13.6. The number of esters is 1. The molecule has 0 saturated carbocycles. The van der Waals surface area contributed by atoms with Gasteiger partial charge in [0.2, 0.25) is 11.8 Å².